The van der Waals surface area contributed by atoms with E-state index in [1.807, 2.05) is 0 Å². The second kappa shape index (κ2) is 8.72. The molecule has 21 heavy (non-hydrogen) atoms. The lowest BCUT2D eigenvalue weighted by Crippen LogP contribution is -2.49. The van der Waals surface area contributed by atoms with Gasteiger partial charge in [-0.1, -0.05) is 57.2 Å². The predicted octanol–water partition coefficient (Wildman–Crippen LogP) is 3.70. The Morgan fingerprint density at radius 2 is 1.52 bits per heavy atom. The Morgan fingerprint density at radius 3 is 2.10 bits per heavy atom. The molecule has 0 aliphatic heterocycles. The van der Waals surface area contributed by atoms with E-state index in [-0.39, 0.29) is 11.9 Å². The van der Waals surface area contributed by atoms with Crippen LogP contribution in [-0.2, 0) is 4.79 Å². The van der Waals surface area contributed by atoms with E-state index in [0.717, 1.165) is 12.8 Å². The Balaban J connectivity index is 1.83. The highest BCUT2D eigenvalue weighted by molar-refractivity contribution is 7.80. The quantitative estimate of drug-likeness (QED) is 0.601. The van der Waals surface area contributed by atoms with Crippen molar-refractivity contribution in [1.29, 1.82) is 0 Å². The molecular formula is C17H30N2OS. The van der Waals surface area contributed by atoms with Gasteiger partial charge in [-0.3, -0.25) is 4.79 Å². The number of rotatable bonds is 5. The number of nitrogens with two attached hydrogens (primary N) is 1. The summed E-state index contributed by atoms with van der Waals surface area (Å²) >= 11 is 5.21. The molecule has 2 aliphatic rings. The minimum absolute atomic E-state index is 0.0846. The summed E-state index contributed by atoms with van der Waals surface area (Å²) in [4.78, 5) is 12.8. The van der Waals surface area contributed by atoms with Crippen molar-refractivity contribution in [1.82, 2.24) is 5.32 Å². The minimum atomic E-state index is -0.0846. The Bertz CT molecular complexity index is 345. The maximum Gasteiger partial charge on any atom is 0.220 e. The Morgan fingerprint density at radius 1 is 1.00 bits per heavy atom. The van der Waals surface area contributed by atoms with E-state index >= 15 is 0 Å². The topological polar surface area (TPSA) is 55.1 Å². The SMILES string of the molecule is NC(=S)C(NC(=O)CC1CCCCCC1)C1CCCCC1. The van der Waals surface area contributed by atoms with Crippen LogP contribution in [0.1, 0.15) is 77.0 Å². The molecule has 0 radical (unpaired) electrons. The second-order valence-electron chi connectivity index (χ2n) is 6.91. The monoisotopic (exact) mass is 310 g/mol. The Hall–Kier alpha value is -0.640. The molecule has 2 fully saturated rings. The van der Waals surface area contributed by atoms with Crippen molar-refractivity contribution in [3.05, 3.63) is 0 Å². The van der Waals surface area contributed by atoms with Gasteiger partial charge in [0.25, 0.3) is 0 Å². The number of thiocarbonyl (C=S) groups is 1. The molecule has 120 valence electrons. The van der Waals surface area contributed by atoms with Crippen LogP contribution in [0, 0.1) is 11.8 Å². The number of carbonyl (C=O) groups excluding carboxylic acids is 1. The molecule has 4 heteroatoms. The zero-order chi connectivity index (χ0) is 15.1. The first-order valence-electron chi connectivity index (χ1n) is 8.75. The zero-order valence-electron chi connectivity index (χ0n) is 13.1. The van der Waals surface area contributed by atoms with E-state index in [1.165, 1.54) is 57.8 Å². The van der Waals surface area contributed by atoms with Gasteiger partial charge in [0.15, 0.2) is 0 Å². The van der Waals surface area contributed by atoms with Gasteiger partial charge in [-0.25, -0.2) is 0 Å². The Kier molecular flexibility index (Phi) is 6.94. The summed E-state index contributed by atoms with van der Waals surface area (Å²) in [6.45, 7) is 0. The molecule has 3 N–H and O–H groups in total. The molecule has 0 spiro atoms. The van der Waals surface area contributed by atoms with Gasteiger partial charge in [-0.15, -0.1) is 0 Å². The molecule has 0 bridgehead atoms. The molecular weight excluding hydrogens is 280 g/mol. The zero-order valence-corrected chi connectivity index (χ0v) is 13.9. The third kappa shape index (κ3) is 5.57. The van der Waals surface area contributed by atoms with Gasteiger partial charge < -0.3 is 11.1 Å². The maximum absolute atomic E-state index is 12.4. The predicted molar refractivity (Wildman–Crippen MR) is 91.1 cm³/mol. The van der Waals surface area contributed by atoms with Crippen molar-refractivity contribution in [2.45, 2.75) is 83.1 Å². The molecule has 2 rings (SSSR count). The lowest BCUT2D eigenvalue weighted by atomic mass is 9.83. The summed E-state index contributed by atoms with van der Waals surface area (Å²) in [6.07, 6.45) is 14.3. The van der Waals surface area contributed by atoms with E-state index in [2.05, 4.69) is 5.32 Å². The number of amides is 1. The van der Waals surface area contributed by atoms with E-state index < -0.39 is 0 Å². The van der Waals surface area contributed by atoms with Crippen molar-refractivity contribution in [3.8, 4) is 0 Å². The average molecular weight is 311 g/mol. The van der Waals surface area contributed by atoms with Crippen molar-refractivity contribution >= 4 is 23.1 Å². The highest BCUT2D eigenvalue weighted by atomic mass is 32.1. The van der Waals surface area contributed by atoms with Crippen LogP contribution in [0.2, 0.25) is 0 Å². The first kappa shape index (κ1) is 16.7. The fourth-order valence-electron chi connectivity index (χ4n) is 3.95. The molecule has 0 aromatic carbocycles. The van der Waals surface area contributed by atoms with E-state index in [1.54, 1.807) is 0 Å². The van der Waals surface area contributed by atoms with Crippen molar-refractivity contribution < 1.29 is 4.79 Å². The number of hydrogen-bond donors (Lipinski definition) is 2. The van der Waals surface area contributed by atoms with Gasteiger partial charge >= 0.3 is 0 Å². The molecule has 1 unspecified atom stereocenters. The molecule has 3 nitrogen and oxygen atoms in total. The summed E-state index contributed by atoms with van der Waals surface area (Å²) in [6, 6.07) is -0.0846. The summed E-state index contributed by atoms with van der Waals surface area (Å²) in [5.74, 6) is 1.17. The molecule has 1 atom stereocenters. The van der Waals surface area contributed by atoms with Crippen LogP contribution in [0.15, 0.2) is 0 Å². The van der Waals surface area contributed by atoms with Crippen LogP contribution in [0.5, 0.6) is 0 Å². The van der Waals surface area contributed by atoms with Crippen LogP contribution in [0.3, 0.4) is 0 Å². The molecule has 0 heterocycles. The summed E-state index contributed by atoms with van der Waals surface area (Å²) < 4.78 is 0. The summed E-state index contributed by atoms with van der Waals surface area (Å²) in [5, 5.41) is 3.15. The first-order valence-corrected chi connectivity index (χ1v) is 9.16. The summed E-state index contributed by atoms with van der Waals surface area (Å²) in [7, 11) is 0. The van der Waals surface area contributed by atoms with Crippen LogP contribution >= 0.6 is 12.2 Å². The fourth-order valence-corrected chi connectivity index (χ4v) is 4.20. The standard InChI is InChI=1S/C17H30N2OS/c18-17(21)16(14-10-6-3-7-11-14)19-15(20)12-13-8-4-1-2-5-9-13/h13-14,16H,1-12H2,(H2,18,21)(H,19,20). The molecule has 1 amide bonds. The largest absolute Gasteiger partial charge is 0.392 e. The normalized spacial score (nSPS) is 23.2. The molecule has 2 saturated carbocycles. The van der Waals surface area contributed by atoms with Gasteiger partial charge in [0, 0.05) is 6.42 Å². The van der Waals surface area contributed by atoms with Crippen molar-refractivity contribution in [3.63, 3.8) is 0 Å². The van der Waals surface area contributed by atoms with Gasteiger partial charge in [0.1, 0.15) is 0 Å². The van der Waals surface area contributed by atoms with Gasteiger partial charge in [-0.2, -0.15) is 0 Å². The maximum atomic E-state index is 12.4. The fraction of sp³-hybridized carbons (Fsp3) is 0.882. The number of nitrogens with one attached hydrogen (secondary N) is 1. The van der Waals surface area contributed by atoms with Gasteiger partial charge in [0.2, 0.25) is 5.91 Å². The van der Waals surface area contributed by atoms with Gasteiger partial charge in [0.05, 0.1) is 11.0 Å². The molecule has 0 aromatic rings. The van der Waals surface area contributed by atoms with Crippen LogP contribution in [0.25, 0.3) is 0 Å². The lowest BCUT2D eigenvalue weighted by Gasteiger charge is -2.30. The molecule has 0 saturated heterocycles. The number of hydrogen-bond acceptors (Lipinski definition) is 2. The van der Waals surface area contributed by atoms with Crippen LogP contribution < -0.4 is 11.1 Å². The van der Waals surface area contributed by atoms with Crippen molar-refractivity contribution in [2.24, 2.45) is 17.6 Å². The third-order valence-electron chi connectivity index (χ3n) is 5.19. The van der Waals surface area contributed by atoms with Crippen LogP contribution in [0.4, 0.5) is 0 Å². The molecule has 0 aromatic heterocycles. The highest BCUT2D eigenvalue weighted by Crippen LogP contribution is 2.28. The first-order chi connectivity index (χ1) is 10.2. The minimum Gasteiger partial charge on any atom is -0.392 e. The van der Waals surface area contributed by atoms with E-state index in [9.17, 15) is 4.79 Å². The van der Waals surface area contributed by atoms with E-state index in [4.69, 9.17) is 18.0 Å². The highest BCUT2D eigenvalue weighted by Gasteiger charge is 2.28. The average Bonchev–Trinajstić information content (AvgIpc) is 2.74. The third-order valence-corrected chi connectivity index (χ3v) is 5.45. The number of carbonyl (C=O) groups is 1. The second-order valence-corrected chi connectivity index (χ2v) is 7.38. The molecule has 2 aliphatic carbocycles. The van der Waals surface area contributed by atoms with Crippen LogP contribution in [-0.4, -0.2) is 16.9 Å². The van der Waals surface area contributed by atoms with E-state index in [0.29, 0.717) is 23.2 Å². The van der Waals surface area contributed by atoms with Gasteiger partial charge in [-0.05, 0) is 37.5 Å². The lowest BCUT2D eigenvalue weighted by molar-refractivity contribution is -0.122. The van der Waals surface area contributed by atoms with Crippen molar-refractivity contribution in [2.75, 3.05) is 0 Å². The Labute approximate surface area is 134 Å². The summed E-state index contributed by atoms with van der Waals surface area (Å²) in [5.41, 5.74) is 5.89. The smallest absolute Gasteiger partial charge is 0.220 e.